The van der Waals surface area contributed by atoms with Gasteiger partial charge in [-0.2, -0.15) is 10.2 Å². The summed E-state index contributed by atoms with van der Waals surface area (Å²) in [4.78, 5) is 31.5. The van der Waals surface area contributed by atoms with Crippen molar-refractivity contribution in [3.63, 3.8) is 0 Å². The molecule has 2 amide bonds. The van der Waals surface area contributed by atoms with E-state index in [0.29, 0.717) is 11.4 Å². The van der Waals surface area contributed by atoms with E-state index in [0.717, 1.165) is 26.9 Å². The molecule has 0 bridgehead atoms. The molecule has 3 aromatic rings. The Labute approximate surface area is 193 Å². The topological polar surface area (TPSA) is 91.9 Å². The summed E-state index contributed by atoms with van der Waals surface area (Å²) >= 11 is 3.50. The molecule has 162 valence electrons. The maximum atomic E-state index is 12.9. The zero-order chi connectivity index (χ0) is 22.7. The third-order valence-corrected chi connectivity index (χ3v) is 5.69. The Morgan fingerprint density at radius 1 is 1.25 bits per heavy atom. The Hall–Kier alpha value is -3.59. The molecule has 0 saturated carbocycles. The van der Waals surface area contributed by atoms with Crippen molar-refractivity contribution in [2.45, 2.75) is 6.92 Å². The van der Waals surface area contributed by atoms with Crippen LogP contribution in [0.5, 0.6) is 0 Å². The molecule has 8 nitrogen and oxygen atoms in total. The number of anilines is 1. The summed E-state index contributed by atoms with van der Waals surface area (Å²) in [5.74, 6) is -0.671. The number of hydrazone groups is 1. The van der Waals surface area contributed by atoms with E-state index >= 15 is 0 Å². The number of benzene rings is 2. The lowest BCUT2D eigenvalue weighted by Crippen LogP contribution is -2.40. The first kappa shape index (κ1) is 21.6. The lowest BCUT2D eigenvalue weighted by atomic mass is 10.0. The molecular formula is C23H21BrN6O2. The molecule has 0 saturated heterocycles. The van der Waals surface area contributed by atoms with Crippen LogP contribution in [-0.4, -0.2) is 46.6 Å². The predicted molar refractivity (Wildman–Crippen MR) is 127 cm³/mol. The lowest BCUT2D eigenvalue weighted by molar-refractivity contribution is -0.123. The number of benzodiazepines with no additional fused rings is 1. The summed E-state index contributed by atoms with van der Waals surface area (Å²) in [5, 5.41) is 8.15. The molecule has 4 rings (SSSR count). The Balaban J connectivity index is 1.58. The van der Waals surface area contributed by atoms with Crippen molar-refractivity contribution in [3.05, 3.63) is 81.6 Å². The van der Waals surface area contributed by atoms with E-state index in [2.05, 4.69) is 36.5 Å². The van der Waals surface area contributed by atoms with Gasteiger partial charge in [-0.25, -0.2) is 5.43 Å². The van der Waals surface area contributed by atoms with Gasteiger partial charge in [0.05, 0.1) is 23.8 Å². The Morgan fingerprint density at radius 2 is 2.03 bits per heavy atom. The Morgan fingerprint density at radius 3 is 2.75 bits per heavy atom. The van der Waals surface area contributed by atoms with Crippen LogP contribution >= 0.6 is 15.9 Å². The number of hydrogen-bond acceptors (Lipinski definition) is 5. The highest BCUT2D eigenvalue weighted by atomic mass is 79.9. The molecule has 0 atom stereocenters. The molecule has 0 fully saturated rings. The summed E-state index contributed by atoms with van der Waals surface area (Å²) < 4.78 is 2.58. The Bertz CT molecular complexity index is 1230. The summed E-state index contributed by atoms with van der Waals surface area (Å²) in [5.41, 5.74) is 7.24. The minimum atomic E-state index is -0.409. The quantitative estimate of drug-likeness (QED) is 0.438. The zero-order valence-electron chi connectivity index (χ0n) is 17.6. The second-order valence-electron chi connectivity index (χ2n) is 7.27. The average molecular weight is 493 g/mol. The first-order valence-corrected chi connectivity index (χ1v) is 10.7. The average Bonchev–Trinajstić information content (AvgIpc) is 3.03. The van der Waals surface area contributed by atoms with Crippen molar-refractivity contribution >= 4 is 45.4 Å². The molecule has 1 N–H and O–H groups in total. The van der Waals surface area contributed by atoms with Gasteiger partial charge in [-0.05, 0) is 25.1 Å². The number of nitrogens with zero attached hydrogens (tertiary/aromatic N) is 5. The highest BCUT2D eigenvalue weighted by Crippen LogP contribution is 2.29. The van der Waals surface area contributed by atoms with Crippen molar-refractivity contribution in [2.24, 2.45) is 17.1 Å². The molecule has 0 unspecified atom stereocenters. The van der Waals surface area contributed by atoms with Crippen molar-refractivity contribution < 1.29 is 9.59 Å². The van der Waals surface area contributed by atoms with Crippen LogP contribution in [0, 0.1) is 6.92 Å². The van der Waals surface area contributed by atoms with E-state index in [1.54, 1.807) is 10.9 Å². The third kappa shape index (κ3) is 4.52. The smallest absolute Gasteiger partial charge is 0.260 e. The van der Waals surface area contributed by atoms with E-state index < -0.39 is 5.91 Å². The van der Waals surface area contributed by atoms with Gasteiger partial charge in [-0.15, -0.1) is 0 Å². The van der Waals surface area contributed by atoms with E-state index in [-0.39, 0.29) is 19.0 Å². The van der Waals surface area contributed by atoms with Gasteiger partial charge in [0, 0.05) is 33.9 Å². The van der Waals surface area contributed by atoms with Crippen LogP contribution in [-0.2, 0) is 16.6 Å². The first-order chi connectivity index (χ1) is 15.4. The SMILES string of the molecule is Cc1c(/C=N/NC(=O)CN2C(=O)CN=C(c3ccccc3)c3cc(Br)ccc32)cnn1C. The third-order valence-electron chi connectivity index (χ3n) is 5.19. The normalized spacial score (nSPS) is 13.7. The van der Waals surface area contributed by atoms with Crippen LogP contribution in [0.25, 0.3) is 0 Å². The monoisotopic (exact) mass is 492 g/mol. The fourth-order valence-electron chi connectivity index (χ4n) is 3.40. The summed E-state index contributed by atoms with van der Waals surface area (Å²) in [6, 6.07) is 15.2. The summed E-state index contributed by atoms with van der Waals surface area (Å²) in [7, 11) is 1.83. The number of halogens is 1. The van der Waals surface area contributed by atoms with Gasteiger partial charge in [-0.1, -0.05) is 46.3 Å². The van der Waals surface area contributed by atoms with E-state index in [1.807, 2.05) is 62.5 Å². The number of amides is 2. The van der Waals surface area contributed by atoms with Crippen LogP contribution in [0.1, 0.15) is 22.4 Å². The van der Waals surface area contributed by atoms with E-state index in [1.165, 1.54) is 11.1 Å². The van der Waals surface area contributed by atoms with Gasteiger partial charge in [0.25, 0.3) is 5.91 Å². The molecule has 0 spiro atoms. The number of carbonyl (C=O) groups is 2. The lowest BCUT2D eigenvalue weighted by Gasteiger charge is -2.22. The highest BCUT2D eigenvalue weighted by molar-refractivity contribution is 9.10. The second kappa shape index (κ2) is 9.27. The molecule has 32 heavy (non-hydrogen) atoms. The number of carbonyl (C=O) groups excluding carboxylic acids is 2. The van der Waals surface area contributed by atoms with Crippen LogP contribution < -0.4 is 10.3 Å². The van der Waals surface area contributed by atoms with Crippen molar-refractivity contribution in [1.29, 1.82) is 0 Å². The summed E-state index contributed by atoms with van der Waals surface area (Å²) in [6.45, 7) is 1.68. The van der Waals surface area contributed by atoms with Crippen LogP contribution in [0.2, 0.25) is 0 Å². The molecule has 1 aliphatic heterocycles. The van der Waals surface area contributed by atoms with Crippen LogP contribution in [0.3, 0.4) is 0 Å². The molecular weight excluding hydrogens is 472 g/mol. The Kier molecular flexibility index (Phi) is 6.27. The number of hydrogen-bond donors (Lipinski definition) is 1. The molecule has 1 aliphatic rings. The largest absolute Gasteiger partial charge is 0.301 e. The van der Waals surface area contributed by atoms with E-state index in [9.17, 15) is 9.59 Å². The van der Waals surface area contributed by atoms with Gasteiger partial charge < -0.3 is 4.90 Å². The van der Waals surface area contributed by atoms with Gasteiger partial charge >= 0.3 is 0 Å². The number of aliphatic imine (C=N–C) groups is 1. The van der Waals surface area contributed by atoms with Gasteiger partial charge in [0.1, 0.15) is 13.1 Å². The molecule has 2 heterocycles. The molecule has 0 aliphatic carbocycles. The van der Waals surface area contributed by atoms with Gasteiger partial charge in [-0.3, -0.25) is 19.3 Å². The number of fused-ring (bicyclic) bond motifs is 1. The van der Waals surface area contributed by atoms with Gasteiger partial charge in [0.2, 0.25) is 5.91 Å². The first-order valence-electron chi connectivity index (χ1n) is 9.94. The molecule has 2 aromatic carbocycles. The van der Waals surface area contributed by atoms with Crippen LogP contribution in [0.15, 0.2) is 69.3 Å². The number of rotatable bonds is 5. The number of aromatic nitrogens is 2. The second-order valence-corrected chi connectivity index (χ2v) is 8.19. The maximum absolute atomic E-state index is 12.9. The molecule has 0 radical (unpaired) electrons. The number of aryl methyl sites for hydroxylation is 1. The van der Waals surface area contributed by atoms with Crippen molar-refractivity contribution in [3.8, 4) is 0 Å². The molecule has 1 aromatic heterocycles. The maximum Gasteiger partial charge on any atom is 0.260 e. The van der Waals surface area contributed by atoms with Gasteiger partial charge in [0.15, 0.2) is 0 Å². The minimum absolute atomic E-state index is 0.0536. The minimum Gasteiger partial charge on any atom is -0.301 e. The van der Waals surface area contributed by atoms with Crippen molar-refractivity contribution in [2.75, 3.05) is 18.0 Å². The molecule has 9 heteroatoms. The van der Waals surface area contributed by atoms with Crippen molar-refractivity contribution in [1.82, 2.24) is 15.2 Å². The highest BCUT2D eigenvalue weighted by Gasteiger charge is 2.27. The predicted octanol–water partition coefficient (Wildman–Crippen LogP) is 2.83. The number of nitrogens with one attached hydrogen (secondary N) is 1. The van der Waals surface area contributed by atoms with Crippen LogP contribution in [0.4, 0.5) is 5.69 Å². The fourth-order valence-corrected chi connectivity index (χ4v) is 3.76. The zero-order valence-corrected chi connectivity index (χ0v) is 19.2. The fraction of sp³-hybridized carbons (Fsp3) is 0.174. The standard InChI is InChI=1S/C23H21BrN6O2/c1-15-17(12-27-29(15)2)11-26-28-21(31)14-30-20-9-8-18(24)10-19(20)23(25-13-22(30)32)16-6-4-3-5-7-16/h3-12H,13-14H2,1-2H3,(H,28,31)/b26-11+. The van der Waals surface area contributed by atoms with E-state index in [4.69, 9.17) is 0 Å². The summed E-state index contributed by atoms with van der Waals surface area (Å²) in [6.07, 6.45) is 3.20.